The number of aliphatic hydroxyl groups excluding tert-OH is 1. The number of aliphatic carboxylic acids is 1. The maximum atomic E-state index is 12.0. The summed E-state index contributed by atoms with van der Waals surface area (Å²) in [6, 6.07) is 0. The second kappa shape index (κ2) is 19.2. The van der Waals surface area contributed by atoms with Gasteiger partial charge in [-0.05, 0) is 13.3 Å². The molecule has 0 aliphatic rings. The van der Waals surface area contributed by atoms with E-state index in [1.54, 1.807) is 11.8 Å². The van der Waals surface area contributed by atoms with Crippen molar-refractivity contribution >= 4 is 11.9 Å². The van der Waals surface area contributed by atoms with Gasteiger partial charge in [0.25, 0.3) is 0 Å². The van der Waals surface area contributed by atoms with Gasteiger partial charge in [0.1, 0.15) is 0 Å². The fraction of sp³-hybridized carbons (Fsp3) is 0.909. The van der Waals surface area contributed by atoms with Crippen LogP contribution in [0, 0.1) is 0 Å². The van der Waals surface area contributed by atoms with E-state index in [0.717, 1.165) is 12.8 Å². The van der Waals surface area contributed by atoms with Crippen LogP contribution in [0.2, 0.25) is 0 Å². The fourth-order valence-corrected chi connectivity index (χ4v) is 3.41. The van der Waals surface area contributed by atoms with Crippen LogP contribution in [0.5, 0.6) is 0 Å². The van der Waals surface area contributed by atoms with E-state index in [4.69, 9.17) is 10.2 Å². The molecule has 1 atom stereocenters. The number of aliphatic hydroxyl groups is 1. The molecule has 6 heteroatoms. The number of amides is 1. The zero-order chi connectivity index (χ0) is 21.0. The molecule has 166 valence electrons. The molecule has 1 amide bonds. The van der Waals surface area contributed by atoms with Gasteiger partial charge in [0.15, 0.2) is 0 Å². The predicted octanol–water partition coefficient (Wildman–Crippen LogP) is 4.31. The second-order valence-corrected chi connectivity index (χ2v) is 7.82. The number of hydrogen-bond donors (Lipinski definition) is 3. The predicted molar refractivity (Wildman–Crippen MR) is 114 cm³/mol. The van der Waals surface area contributed by atoms with Crippen LogP contribution >= 0.6 is 0 Å². The Morgan fingerprint density at radius 3 is 1.75 bits per heavy atom. The van der Waals surface area contributed by atoms with Crippen LogP contribution in [0.25, 0.3) is 0 Å². The first-order valence-corrected chi connectivity index (χ1v) is 11.4. The van der Waals surface area contributed by atoms with Crippen molar-refractivity contribution in [1.82, 2.24) is 10.2 Å². The molecule has 0 saturated heterocycles. The first-order chi connectivity index (χ1) is 13.5. The van der Waals surface area contributed by atoms with Gasteiger partial charge in [0, 0.05) is 13.0 Å². The highest BCUT2D eigenvalue weighted by molar-refractivity contribution is 5.76. The Balaban J connectivity index is 3.57. The Hall–Kier alpha value is -1.14. The maximum Gasteiger partial charge on any atom is 0.317 e. The van der Waals surface area contributed by atoms with Crippen LogP contribution in [0.15, 0.2) is 0 Å². The van der Waals surface area contributed by atoms with Crippen molar-refractivity contribution in [1.29, 1.82) is 0 Å². The highest BCUT2D eigenvalue weighted by Gasteiger charge is 2.17. The SMILES string of the molecule is CCCCCCCCCCCCCCCC(=O)NC(C)N(CCO)CC(=O)O. The van der Waals surface area contributed by atoms with Gasteiger partial charge >= 0.3 is 5.97 Å². The third kappa shape index (κ3) is 17.0. The number of rotatable bonds is 20. The second-order valence-electron chi connectivity index (χ2n) is 7.82. The summed E-state index contributed by atoms with van der Waals surface area (Å²) in [6.07, 6.45) is 16.6. The number of nitrogens with zero attached hydrogens (tertiary/aromatic N) is 1. The van der Waals surface area contributed by atoms with Crippen LogP contribution in [-0.4, -0.2) is 52.9 Å². The van der Waals surface area contributed by atoms with Crippen molar-refractivity contribution in [2.75, 3.05) is 19.7 Å². The van der Waals surface area contributed by atoms with Crippen molar-refractivity contribution in [3.63, 3.8) is 0 Å². The lowest BCUT2D eigenvalue weighted by Gasteiger charge is -2.27. The zero-order valence-electron chi connectivity index (χ0n) is 18.3. The lowest BCUT2D eigenvalue weighted by Crippen LogP contribution is -2.49. The fourth-order valence-electron chi connectivity index (χ4n) is 3.41. The molecular formula is C22H44N2O4. The van der Waals surface area contributed by atoms with Crippen LogP contribution in [0.1, 0.15) is 104 Å². The average Bonchev–Trinajstić information content (AvgIpc) is 2.64. The molecule has 3 N–H and O–H groups in total. The van der Waals surface area contributed by atoms with E-state index < -0.39 is 12.1 Å². The number of hydrogen-bond acceptors (Lipinski definition) is 4. The van der Waals surface area contributed by atoms with E-state index in [0.29, 0.717) is 6.42 Å². The molecule has 0 aromatic rings. The molecule has 1 unspecified atom stereocenters. The van der Waals surface area contributed by atoms with E-state index in [2.05, 4.69) is 12.2 Å². The summed E-state index contributed by atoms with van der Waals surface area (Å²) >= 11 is 0. The summed E-state index contributed by atoms with van der Waals surface area (Å²) in [5, 5.41) is 20.7. The molecule has 0 aliphatic heterocycles. The molecule has 0 aromatic heterocycles. The molecule has 28 heavy (non-hydrogen) atoms. The molecule has 0 aliphatic carbocycles. The molecule has 0 radical (unpaired) electrons. The third-order valence-electron chi connectivity index (χ3n) is 5.15. The average molecular weight is 401 g/mol. The quantitative estimate of drug-likeness (QED) is 0.209. The normalized spacial score (nSPS) is 12.3. The number of unbranched alkanes of at least 4 members (excludes halogenated alkanes) is 12. The topological polar surface area (TPSA) is 89.9 Å². The van der Waals surface area contributed by atoms with E-state index in [-0.39, 0.29) is 25.6 Å². The molecule has 0 rings (SSSR count). The standard InChI is InChI=1S/C22H44N2O4/c1-3-4-5-6-7-8-9-10-11-12-13-14-15-16-21(26)23-20(2)24(17-18-25)19-22(27)28/h20,25H,3-19H2,1-2H3,(H,23,26)(H,27,28). The van der Waals surface area contributed by atoms with E-state index in [1.807, 2.05) is 0 Å². The lowest BCUT2D eigenvalue weighted by molar-refractivity contribution is -0.140. The Kier molecular flexibility index (Phi) is 18.4. The number of carboxylic acids is 1. The Labute approximate surface area is 172 Å². The Morgan fingerprint density at radius 2 is 1.32 bits per heavy atom. The van der Waals surface area contributed by atoms with Gasteiger partial charge in [0.05, 0.1) is 19.3 Å². The Morgan fingerprint density at radius 1 is 0.857 bits per heavy atom. The minimum atomic E-state index is -0.967. The van der Waals surface area contributed by atoms with Crippen molar-refractivity contribution in [2.24, 2.45) is 0 Å². The minimum Gasteiger partial charge on any atom is -0.480 e. The number of carbonyl (C=O) groups excluding carboxylic acids is 1. The third-order valence-corrected chi connectivity index (χ3v) is 5.15. The van der Waals surface area contributed by atoms with Crippen LogP contribution in [0.4, 0.5) is 0 Å². The zero-order valence-corrected chi connectivity index (χ0v) is 18.3. The molecule has 0 spiro atoms. The lowest BCUT2D eigenvalue weighted by atomic mass is 10.0. The Bertz CT molecular complexity index is 391. The number of nitrogens with one attached hydrogen (secondary N) is 1. The monoisotopic (exact) mass is 400 g/mol. The van der Waals surface area contributed by atoms with E-state index in [9.17, 15) is 9.59 Å². The van der Waals surface area contributed by atoms with Crippen molar-refractivity contribution < 1.29 is 19.8 Å². The highest BCUT2D eigenvalue weighted by Crippen LogP contribution is 2.13. The van der Waals surface area contributed by atoms with Gasteiger partial charge in [-0.1, -0.05) is 84.0 Å². The van der Waals surface area contributed by atoms with Gasteiger partial charge in [-0.3, -0.25) is 14.5 Å². The summed E-state index contributed by atoms with van der Waals surface area (Å²) < 4.78 is 0. The summed E-state index contributed by atoms with van der Waals surface area (Å²) in [5.41, 5.74) is 0. The maximum absolute atomic E-state index is 12.0. The van der Waals surface area contributed by atoms with Gasteiger partial charge < -0.3 is 15.5 Å². The largest absolute Gasteiger partial charge is 0.480 e. The van der Waals surface area contributed by atoms with Gasteiger partial charge in [-0.25, -0.2) is 0 Å². The number of carboxylic acid groups (broad SMARTS) is 1. The van der Waals surface area contributed by atoms with E-state index in [1.165, 1.54) is 70.6 Å². The summed E-state index contributed by atoms with van der Waals surface area (Å²) in [6.45, 7) is 3.90. The summed E-state index contributed by atoms with van der Waals surface area (Å²) in [5.74, 6) is -1.02. The summed E-state index contributed by atoms with van der Waals surface area (Å²) in [7, 11) is 0. The highest BCUT2D eigenvalue weighted by atomic mass is 16.4. The first-order valence-electron chi connectivity index (χ1n) is 11.4. The van der Waals surface area contributed by atoms with Crippen LogP contribution in [0.3, 0.4) is 0 Å². The summed E-state index contributed by atoms with van der Waals surface area (Å²) in [4.78, 5) is 24.4. The van der Waals surface area contributed by atoms with Crippen LogP contribution < -0.4 is 5.32 Å². The molecule has 6 nitrogen and oxygen atoms in total. The minimum absolute atomic E-state index is 0.0519. The van der Waals surface area contributed by atoms with Gasteiger partial charge in [0.2, 0.25) is 5.91 Å². The molecule has 0 fully saturated rings. The van der Waals surface area contributed by atoms with Crippen molar-refractivity contribution in [2.45, 2.75) is 110 Å². The van der Waals surface area contributed by atoms with Crippen molar-refractivity contribution in [3.8, 4) is 0 Å². The van der Waals surface area contributed by atoms with Crippen molar-refractivity contribution in [3.05, 3.63) is 0 Å². The van der Waals surface area contributed by atoms with Gasteiger partial charge in [-0.15, -0.1) is 0 Å². The molecule has 0 bridgehead atoms. The molecule has 0 aromatic carbocycles. The van der Waals surface area contributed by atoms with Gasteiger partial charge in [-0.2, -0.15) is 0 Å². The number of carbonyl (C=O) groups is 2. The first kappa shape index (κ1) is 26.9. The molecule has 0 heterocycles. The van der Waals surface area contributed by atoms with E-state index >= 15 is 0 Å². The smallest absolute Gasteiger partial charge is 0.317 e. The van der Waals surface area contributed by atoms with Crippen LogP contribution in [-0.2, 0) is 9.59 Å². The molecule has 0 saturated carbocycles. The molecular weight excluding hydrogens is 356 g/mol.